The van der Waals surface area contributed by atoms with Crippen molar-refractivity contribution in [3.05, 3.63) is 35.9 Å². The second kappa shape index (κ2) is 9.17. The molecule has 0 unspecified atom stereocenters. The second-order valence-corrected chi connectivity index (χ2v) is 6.00. The fraction of sp³-hybridized carbons (Fsp3) is 0.500. The molecule has 1 heterocycles. The minimum atomic E-state index is -0.963. The zero-order valence-electron chi connectivity index (χ0n) is 14.7. The van der Waals surface area contributed by atoms with Crippen molar-refractivity contribution in [2.24, 2.45) is 0 Å². The summed E-state index contributed by atoms with van der Waals surface area (Å²) in [4.78, 5) is 39.4. The molecule has 25 heavy (non-hydrogen) atoms. The molecule has 2 rings (SSSR count). The quantitative estimate of drug-likeness (QED) is 0.616. The van der Waals surface area contributed by atoms with Gasteiger partial charge >= 0.3 is 11.9 Å². The van der Waals surface area contributed by atoms with Crippen LogP contribution in [0.3, 0.4) is 0 Å². The average Bonchev–Trinajstić information content (AvgIpc) is 2.62. The largest absolute Gasteiger partial charge is 0.459 e. The van der Waals surface area contributed by atoms with E-state index in [2.05, 4.69) is 27.1 Å². The van der Waals surface area contributed by atoms with Crippen molar-refractivity contribution in [3.8, 4) is 0 Å². The standard InChI is InChI=1S/C18H25N3O4/c1-3-25-18(24)16(22)19-14(2)17(23)21-11-9-20(10-12-21)13-15-7-5-4-6-8-15/h4-8,14H,3,9-13H2,1-2H3,(H,19,22)/t14-/m0/s1. The van der Waals surface area contributed by atoms with Gasteiger partial charge in [-0.1, -0.05) is 30.3 Å². The molecule has 2 amide bonds. The summed E-state index contributed by atoms with van der Waals surface area (Å²) in [7, 11) is 0. The van der Waals surface area contributed by atoms with E-state index in [-0.39, 0.29) is 12.5 Å². The highest BCUT2D eigenvalue weighted by Crippen LogP contribution is 2.09. The molecular weight excluding hydrogens is 322 g/mol. The maximum absolute atomic E-state index is 12.4. The Labute approximate surface area is 147 Å². The van der Waals surface area contributed by atoms with Gasteiger partial charge in [0.1, 0.15) is 6.04 Å². The lowest BCUT2D eigenvalue weighted by atomic mass is 10.2. The third-order valence-corrected chi connectivity index (χ3v) is 4.11. The SMILES string of the molecule is CCOC(=O)C(=O)N[C@@H](C)C(=O)N1CCN(Cc2ccccc2)CC1. The van der Waals surface area contributed by atoms with Gasteiger partial charge in [0.25, 0.3) is 0 Å². The van der Waals surface area contributed by atoms with Crippen LogP contribution in [0.4, 0.5) is 0 Å². The predicted molar refractivity (Wildman–Crippen MR) is 92.5 cm³/mol. The Morgan fingerprint density at radius 2 is 1.76 bits per heavy atom. The fourth-order valence-corrected chi connectivity index (χ4v) is 2.76. The van der Waals surface area contributed by atoms with Crippen molar-refractivity contribution in [2.75, 3.05) is 32.8 Å². The molecule has 0 spiro atoms. The molecule has 136 valence electrons. The van der Waals surface area contributed by atoms with Gasteiger partial charge < -0.3 is 15.0 Å². The van der Waals surface area contributed by atoms with Crippen molar-refractivity contribution in [2.45, 2.75) is 26.4 Å². The van der Waals surface area contributed by atoms with Gasteiger partial charge in [0.15, 0.2) is 0 Å². The van der Waals surface area contributed by atoms with E-state index in [1.807, 2.05) is 18.2 Å². The molecule has 1 aromatic rings. The van der Waals surface area contributed by atoms with E-state index in [9.17, 15) is 14.4 Å². The van der Waals surface area contributed by atoms with E-state index in [1.54, 1.807) is 18.7 Å². The molecule has 7 heteroatoms. The summed E-state index contributed by atoms with van der Waals surface area (Å²) in [5.74, 6) is -2.03. The number of nitrogens with zero attached hydrogens (tertiary/aromatic N) is 2. The van der Waals surface area contributed by atoms with Crippen LogP contribution in [0.25, 0.3) is 0 Å². The molecule has 1 aliphatic heterocycles. The van der Waals surface area contributed by atoms with Crippen LogP contribution in [-0.4, -0.2) is 66.4 Å². The molecule has 0 bridgehead atoms. The summed E-state index contributed by atoms with van der Waals surface area (Å²) in [6, 6.07) is 9.45. The van der Waals surface area contributed by atoms with Crippen molar-refractivity contribution in [3.63, 3.8) is 0 Å². The monoisotopic (exact) mass is 347 g/mol. The van der Waals surface area contributed by atoms with E-state index >= 15 is 0 Å². The Hall–Kier alpha value is -2.41. The van der Waals surface area contributed by atoms with Gasteiger partial charge in [-0.2, -0.15) is 0 Å². The minimum absolute atomic E-state index is 0.123. The second-order valence-electron chi connectivity index (χ2n) is 6.00. The third kappa shape index (κ3) is 5.56. The summed E-state index contributed by atoms with van der Waals surface area (Å²) in [5, 5.41) is 2.39. The van der Waals surface area contributed by atoms with E-state index < -0.39 is 17.9 Å². The summed E-state index contributed by atoms with van der Waals surface area (Å²) in [6.07, 6.45) is 0. The van der Waals surface area contributed by atoms with E-state index in [1.165, 1.54) is 5.56 Å². The van der Waals surface area contributed by atoms with E-state index in [0.29, 0.717) is 13.1 Å². The predicted octanol–water partition coefficient (Wildman–Crippen LogP) is 0.399. The number of esters is 1. The summed E-state index contributed by atoms with van der Waals surface area (Å²) >= 11 is 0. The number of carbonyl (C=O) groups excluding carboxylic acids is 3. The molecule has 1 aliphatic rings. The number of hydrogen-bond donors (Lipinski definition) is 1. The minimum Gasteiger partial charge on any atom is -0.459 e. The lowest BCUT2D eigenvalue weighted by Gasteiger charge is -2.36. The first-order valence-electron chi connectivity index (χ1n) is 8.54. The zero-order chi connectivity index (χ0) is 18.2. The topological polar surface area (TPSA) is 78.9 Å². The van der Waals surface area contributed by atoms with Crippen LogP contribution in [0.5, 0.6) is 0 Å². The molecule has 1 aromatic carbocycles. The molecule has 1 fully saturated rings. The van der Waals surface area contributed by atoms with Crippen LogP contribution in [-0.2, 0) is 25.7 Å². The van der Waals surface area contributed by atoms with Crippen LogP contribution in [0.15, 0.2) is 30.3 Å². The first-order chi connectivity index (χ1) is 12.0. The Bertz CT molecular complexity index is 598. The average molecular weight is 347 g/mol. The number of rotatable bonds is 5. The molecule has 0 saturated carbocycles. The molecule has 0 aromatic heterocycles. The maximum Gasteiger partial charge on any atom is 0.396 e. The Kier molecular flexibility index (Phi) is 6.94. The van der Waals surface area contributed by atoms with Crippen molar-refractivity contribution in [1.82, 2.24) is 15.1 Å². The normalized spacial score (nSPS) is 16.2. The van der Waals surface area contributed by atoms with Gasteiger partial charge in [-0.05, 0) is 19.4 Å². The van der Waals surface area contributed by atoms with Gasteiger partial charge in [-0.15, -0.1) is 0 Å². The summed E-state index contributed by atoms with van der Waals surface area (Å²) < 4.78 is 4.62. The van der Waals surface area contributed by atoms with Gasteiger partial charge in [0, 0.05) is 32.7 Å². The first kappa shape index (κ1) is 18.9. The highest BCUT2D eigenvalue weighted by Gasteiger charge is 2.27. The summed E-state index contributed by atoms with van der Waals surface area (Å²) in [6.45, 7) is 6.94. The Balaban J connectivity index is 1.78. The number of hydrogen-bond acceptors (Lipinski definition) is 5. The highest BCUT2D eigenvalue weighted by atomic mass is 16.5. The number of piperazine rings is 1. The Morgan fingerprint density at radius 3 is 2.36 bits per heavy atom. The van der Waals surface area contributed by atoms with Crippen molar-refractivity contribution < 1.29 is 19.1 Å². The van der Waals surface area contributed by atoms with Gasteiger partial charge in [-0.25, -0.2) is 4.79 Å². The molecule has 1 atom stereocenters. The number of nitrogens with one attached hydrogen (secondary N) is 1. The van der Waals surface area contributed by atoms with Crippen molar-refractivity contribution >= 4 is 17.8 Å². The number of ether oxygens (including phenoxy) is 1. The smallest absolute Gasteiger partial charge is 0.396 e. The van der Waals surface area contributed by atoms with E-state index in [4.69, 9.17) is 0 Å². The summed E-state index contributed by atoms with van der Waals surface area (Å²) in [5.41, 5.74) is 1.25. The zero-order valence-corrected chi connectivity index (χ0v) is 14.7. The lowest BCUT2D eigenvalue weighted by Crippen LogP contribution is -2.54. The molecule has 0 radical (unpaired) electrons. The van der Waals surface area contributed by atoms with Crippen molar-refractivity contribution in [1.29, 1.82) is 0 Å². The first-order valence-corrected chi connectivity index (χ1v) is 8.54. The Morgan fingerprint density at radius 1 is 1.12 bits per heavy atom. The van der Waals surface area contributed by atoms with Crippen LogP contribution in [0, 0.1) is 0 Å². The highest BCUT2D eigenvalue weighted by molar-refractivity contribution is 6.32. The van der Waals surface area contributed by atoms with Gasteiger partial charge in [0.2, 0.25) is 5.91 Å². The van der Waals surface area contributed by atoms with Gasteiger partial charge in [0.05, 0.1) is 6.61 Å². The molecule has 7 nitrogen and oxygen atoms in total. The van der Waals surface area contributed by atoms with Crippen LogP contribution in [0.1, 0.15) is 19.4 Å². The number of benzene rings is 1. The van der Waals surface area contributed by atoms with Crippen LogP contribution in [0.2, 0.25) is 0 Å². The molecule has 1 N–H and O–H groups in total. The van der Waals surface area contributed by atoms with Crippen LogP contribution >= 0.6 is 0 Å². The van der Waals surface area contributed by atoms with Gasteiger partial charge in [-0.3, -0.25) is 14.5 Å². The maximum atomic E-state index is 12.4. The van der Waals surface area contributed by atoms with E-state index in [0.717, 1.165) is 19.6 Å². The molecular formula is C18H25N3O4. The third-order valence-electron chi connectivity index (χ3n) is 4.11. The lowest BCUT2D eigenvalue weighted by molar-refractivity contribution is -0.155. The van der Waals surface area contributed by atoms with Crippen LogP contribution < -0.4 is 5.32 Å². The number of carbonyl (C=O) groups is 3. The molecule has 1 saturated heterocycles. The fourth-order valence-electron chi connectivity index (χ4n) is 2.76. The molecule has 0 aliphatic carbocycles. The number of amides is 2.